The Kier molecular flexibility index (Phi) is 3.50. The Morgan fingerprint density at radius 3 is 2.70 bits per heavy atom. The van der Waals surface area contributed by atoms with Crippen molar-refractivity contribution >= 4 is 11.7 Å². The highest BCUT2D eigenvalue weighted by molar-refractivity contribution is 5.95. The van der Waals surface area contributed by atoms with Crippen LogP contribution >= 0.6 is 0 Å². The average molecular weight is 306 g/mol. The van der Waals surface area contributed by atoms with Crippen LogP contribution in [0.4, 0.5) is 0 Å². The Morgan fingerprint density at radius 1 is 1.26 bits per heavy atom. The van der Waals surface area contributed by atoms with E-state index in [2.05, 4.69) is 20.5 Å². The van der Waals surface area contributed by atoms with Crippen LogP contribution in [0.3, 0.4) is 0 Å². The van der Waals surface area contributed by atoms with Crippen molar-refractivity contribution in [3.8, 4) is 17.5 Å². The van der Waals surface area contributed by atoms with Crippen LogP contribution in [0, 0.1) is 11.3 Å². The molecule has 1 amide bonds. The minimum atomic E-state index is -0.912. The van der Waals surface area contributed by atoms with Crippen molar-refractivity contribution in [3.05, 3.63) is 48.3 Å². The van der Waals surface area contributed by atoms with E-state index in [1.807, 2.05) is 12.3 Å². The molecule has 0 bridgehead atoms. The first-order chi connectivity index (χ1) is 11.0. The zero-order valence-corrected chi connectivity index (χ0v) is 12.7. The fraction of sp³-hybridized carbons (Fsp3) is 0.188. The van der Waals surface area contributed by atoms with E-state index in [1.165, 1.54) is 0 Å². The van der Waals surface area contributed by atoms with E-state index in [9.17, 15) is 4.79 Å². The van der Waals surface area contributed by atoms with Gasteiger partial charge in [-0.25, -0.2) is 4.98 Å². The molecular weight excluding hydrogens is 292 g/mol. The van der Waals surface area contributed by atoms with E-state index in [4.69, 9.17) is 5.26 Å². The number of carbonyl (C=O) groups is 1. The summed E-state index contributed by atoms with van der Waals surface area (Å²) in [6.45, 7) is 3.29. The Bertz CT molecular complexity index is 904. The standard InChI is InChI=1S/C16H14N6O/c1-16(2,10-17)19-14(23)12-6-4-11(5-7-12)13-20-21-15-18-8-3-9-22(13)15/h3-9H,1-2H3,(H,19,23). The first-order valence-electron chi connectivity index (χ1n) is 7.00. The maximum absolute atomic E-state index is 12.1. The molecule has 0 fully saturated rings. The molecule has 0 aliphatic carbocycles. The van der Waals surface area contributed by atoms with Gasteiger partial charge in [-0.3, -0.25) is 9.20 Å². The molecule has 0 radical (unpaired) electrons. The molecule has 0 saturated heterocycles. The number of fused-ring (bicyclic) bond motifs is 1. The van der Waals surface area contributed by atoms with Gasteiger partial charge in [-0.05, 0) is 32.0 Å². The van der Waals surface area contributed by atoms with Crippen molar-refractivity contribution in [2.45, 2.75) is 19.4 Å². The van der Waals surface area contributed by atoms with Crippen LogP contribution in [0.15, 0.2) is 42.7 Å². The van der Waals surface area contributed by atoms with Gasteiger partial charge in [-0.15, -0.1) is 10.2 Å². The summed E-state index contributed by atoms with van der Waals surface area (Å²) in [5.41, 5.74) is 0.385. The summed E-state index contributed by atoms with van der Waals surface area (Å²) in [5, 5.41) is 19.8. The van der Waals surface area contributed by atoms with Gasteiger partial charge in [-0.2, -0.15) is 5.26 Å². The first kappa shape index (κ1) is 14.7. The van der Waals surface area contributed by atoms with Crippen LogP contribution < -0.4 is 5.32 Å². The van der Waals surface area contributed by atoms with Crippen LogP contribution in [0.25, 0.3) is 17.2 Å². The van der Waals surface area contributed by atoms with Crippen LogP contribution in [0.5, 0.6) is 0 Å². The lowest BCUT2D eigenvalue weighted by Crippen LogP contribution is -2.42. The molecule has 0 aliphatic heterocycles. The molecule has 0 saturated carbocycles. The minimum absolute atomic E-state index is 0.295. The van der Waals surface area contributed by atoms with E-state index >= 15 is 0 Å². The normalized spacial score (nSPS) is 11.2. The highest BCUT2D eigenvalue weighted by atomic mass is 16.1. The molecule has 7 heteroatoms. The van der Waals surface area contributed by atoms with E-state index in [0.717, 1.165) is 5.56 Å². The molecule has 2 heterocycles. The van der Waals surface area contributed by atoms with Gasteiger partial charge in [0, 0.05) is 23.5 Å². The lowest BCUT2D eigenvalue weighted by atomic mass is 10.1. The third-order valence-corrected chi connectivity index (χ3v) is 3.30. The SMILES string of the molecule is CC(C)(C#N)NC(=O)c1ccc(-c2nnc3ncccn23)cc1. The van der Waals surface area contributed by atoms with Gasteiger partial charge in [0.15, 0.2) is 5.82 Å². The number of nitriles is 1. The Balaban J connectivity index is 1.88. The molecule has 0 atom stereocenters. The molecule has 114 valence electrons. The zero-order chi connectivity index (χ0) is 16.4. The first-order valence-corrected chi connectivity index (χ1v) is 7.00. The monoisotopic (exact) mass is 306 g/mol. The predicted molar refractivity (Wildman–Crippen MR) is 83.4 cm³/mol. The highest BCUT2D eigenvalue weighted by Crippen LogP contribution is 2.18. The van der Waals surface area contributed by atoms with Gasteiger partial charge in [0.25, 0.3) is 11.7 Å². The number of nitrogens with one attached hydrogen (secondary N) is 1. The highest BCUT2D eigenvalue weighted by Gasteiger charge is 2.20. The quantitative estimate of drug-likeness (QED) is 0.796. The molecule has 3 aromatic rings. The summed E-state index contributed by atoms with van der Waals surface area (Å²) in [5.74, 6) is 0.869. The zero-order valence-electron chi connectivity index (χ0n) is 12.7. The van der Waals surface area contributed by atoms with Crippen LogP contribution in [0.2, 0.25) is 0 Å². The van der Waals surface area contributed by atoms with Gasteiger partial charge in [-0.1, -0.05) is 12.1 Å². The van der Waals surface area contributed by atoms with Crippen molar-refractivity contribution in [2.75, 3.05) is 0 Å². The maximum Gasteiger partial charge on any atom is 0.255 e. The van der Waals surface area contributed by atoms with Crippen molar-refractivity contribution in [3.63, 3.8) is 0 Å². The summed E-state index contributed by atoms with van der Waals surface area (Å²) in [4.78, 5) is 16.2. The van der Waals surface area contributed by atoms with Crippen LogP contribution in [-0.2, 0) is 0 Å². The van der Waals surface area contributed by atoms with Gasteiger partial charge in [0.05, 0.1) is 6.07 Å². The number of benzene rings is 1. The second-order valence-corrected chi connectivity index (χ2v) is 5.58. The fourth-order valence-electron chi connectivity index (χ4n) is 2.09. The summed E-state index contributed by atoms with van der Waals surface area (Å²) >= 11 is 0. The number of hydrogen-bond donors (Lipinski definition) is 1. The number of rotatable bonds is 3. The number of aromatic nitrogens is 4. The largest absolute Gasteiger partial charge is 0.334 e. The Hall–Kier alpha value is -3.27. The Morgan fingerprint density at radius 2 is 2.00 bits per heavy atom. The van der Waals surface area contributed by atoms with Crippen LogP contribution in [-0.4, -0.2) is 31.0 Å². The molecule has 1 N–H and O–H groups in total. The molecule has 1 aromatic carbocycles. The summed E-state index contributed by atoms with van der Waals surface area (Å²) < 4.78 is 1.77. The summed E-state index contributed by atoms with van der Waals surface area (Å²) in [6, 6.07) is 10.8. The number of amides is 1. The second kappa shape index (κ2) is 5.50. The molecule has 0 unspecified atom stereocenters. The number of carbonyl (C=O) groups excluding carboxylic acids is 1. The predicted octanol–water partition coefficient (Wildman–Crippen LogP) is 1.82. The molecule has 0 spiro atoms. The summed E-state index contributed by atoms with van der Waals surface area (Å²) in [6.07, 6.45) is 3.48. The second-order valence-electron chi connectivity index (χ2n) is 5.58. The van der Waals surface area contributed by atoms with Crippen molar-refractivity contribution in [1.29, 1.82) is 5.26 Å². The smallest absolute Gasteiger partial charge is 0.255 e. The lowest BCUT2D eigenvalue weighted by Gasteiger charge is -2.17. The van der Waals surface area contributed by atoms with Gasteiger partial charge >= 0.3 is 0 Å². The molecule has 7 nitrogen and oxygen atoms in total. The van der Waals surface area contributed by atoms with E-state index in [1.54, 1.807) is 54.8 Å². The van der Waals surface area contributed by atoms with Gasteiger partial charge in [0.2, 0.25) is 0 Å². The topological polar surface area (TPSA) is 96.0 Å². The fourth-order valence-corrected chi connectivity index (χ4v) is 2.09. The van der Waals surface area contributed by atoms with Crippen molar-refractivity contribution < 1.29 is 4.79 Å². The number of nitrogens with zero attached hydrogens (tertiary/aromatic N) is 5. The van der Waals surface area contributed by atoms with Gasteiger partial charge < -0.3 is 5.32 Å². The van der Waals surface area contributed by atoms with Crippen molar-refractivity contribution in [2.24, 2.45) is 0 Å². The van der Waals surface area contributed by atoms with Crippen molar-refractivity contribution in [1.82, 2.24) is 24.9 Å². The molecule has 3 rings (SSSR count). The van der Waals surface area contributed by atoms with Crippen LogP contribution in [0.1, 0.15) is 24.2 Å². The van der Waals surface area contributed by atoms with Gasteiger partial charge in [0.1, 0.15) is 5.54 Å². The third-order valence-electron chi connectivity index (χ3n) is 3.30. The third kappa shape index (κ3) is 2.87. The summed E-state index contributed by atoms with van der Waals surface area (Å²) in [7, 11) is 0. The molecule has 2 aromatic heterocycles. The van der Waals surface area contributed by atoms with E-state index in [0.29, 0.717) is 17.2 Å². The van der Waals surface area contributed by atoms with E-state index < -0.39 is 5.54 Å². The molecule has 0 aliphatic rings. The molecule has 23 heavy (non-hydrogen) atoms. The molecular formula is C16H14N6O. The number of hydrogen-bond acceptors (Lipinski definition) is 5. The Labute approximate surface area is 132 Å². The van der Waals surface area contributed by atoms with E-state index in [-0.39, 0.29) is 5.91 Å². The lowest BCUT2D eigenvalue weighted by molar-refractivity contribution is 0.0929. The average Bonchev–Trinajstić information content (AvgIpc) is 2.98. The maximum atomic E-state index is 12.1. The minimum Gasteiger partial charge on any atom is -0.334 e.